The quantitative estimate of drug-likeness (QED) is 0.848. The smallest absolute Gasteiger partial charge is 0.130 e. The molecule has 94 valence electrons. The summed E-state index contributed by atoms with van der Waals surface area (Å²) in [5.74, 6) is 1.93. The van der Waals surface area contributed by atoms with E-state index in [1.165, 1.54) is 6.42 Å². The molecule has 0 aliphatic carbocycles. The predicted molar refractivity (Wildman–Crippen MR) is 70.6 cm³/mol. The van der Waals surface area contributed by atoms with Gasteiger partial charge in [-0.3, -0.25) is 0 Å². The zero-order valence-electron chi connectivity index (χ0n) is 10.6. The Morgan fingerprint density at radius 3 is 3.12 bits per heavy atom. The zero-order valence-corrected chi connectivity index (χ0v) is 10.6. The van der Waals surface area contributed by atoms with E-state index >= 15 is 0 Å². The van der Waals surface area contributed by atoms with Crippen LogP contribution in [0.25, 0.3) is 0 Å². The maximum Gasteiger partial charge on any atom is 0.130 e. The van der Waals surface area contributed by atoms with Crippen molar-refractivity contribution in [2.45, 2.75) is 25.9 Å². The summed E-state index contributed by atoms with van der Waals surface area (Å²) < 4.78 is 5.64. The summed E-state index contributed by atoms with van der Waals surface area (Å²) >= 11 is 0. The number of ether oxygens (including phenoxy) is 1. The molecule has 17 heavy (non-hydrogen) atoms. The average molecular weight is 235 g/mol. The Balaban J connectivity index is 1.97. The molecule has 1 unspecified atom stereocenters. The molecule has 0 saturated carbocycles. The minimum absolute atomic E-state index is 0.365. The van der Waals surface area contributed by atoms with Crippen molar-refractivity contribution in [1.82, 2.24) is 4.98 Å². The highest BCUT2D eigenvalue weighted by Gasteiger charge is 2.18. The highest BCUT2D eigenvalue weighted by atomic mass is 16.5. The molecule has 0 radical (unpaired) electrons. The summed E-state index contributed by atoms with van der Waals surface area (Å²) in [5.41, 5.74) is 0. The number of rotatable bonds is 5. The van der Waals surface area contributed by atoms with Gasteiger partial charge in [0.05, 0.1) is 6.10 Å². The first-order valence-electron chi connectivity index (χ1n) is 6.33. The first-order valence-corrected chi connectivity index (χ1v) is 6.33. The molecule has 1 N–H and O–H groups in total. The lowest BCUT2D eigenvalue weighted by atomic mass is 10.2. The standard InChI is InChI=1S/C13H21N3O/c1-3-14-12-7-4-8-13(15-12)16(2)10-11-6-5-9-17-11/h4,7-8,11H,3,5-6,9-10H2,1-2H3,(H,14,15). The maximum atomic E-state index is 5.64. The number of nitrogens with zero attached hydrogens (tertiary/aromatic N) is 2. The van der Waals surface area contributed by atoms with E-state index in [4.69, 9.17) is 4.74 Å². The molecular weight excluding hydrogens is 214 g/mol. The van der Waals surface area contributed by atoms with Gasteiger partial charge in [-0.05, 0) is 31.9 Å². The molecule has 0 amide bonds. The summed E-state index contributed by atoms with van der Waals surface area (Å²) in [4.78, 5) is 6.73. The van der Waals surface area contributed by atoms with Crippen LogP contribution in [0, 0.1) is 0 Å². The van der Waals surface area contributed by atoms with Gasteiger partial charge >= 0.3 is 0 Å². The monoisotopic (exact) mass is 235 g/mol. The van der Waals surface area contributed by atoms with Crippen molar-refractivity contribution in [3.63, 3.8) is 0 Å². The summed E-state index contributed by atoms with van der Waals surface area (Å²) in [6, 6.07) is 6.06. The van der Waals surface area contributed by atoms with Crippen LogP contribution >= 0.6 is 0 Å². The van der Waals surface area contributed by atoms with Crippen LogP contribution < -0.4 is 10.2 Å². The maximum absolute atomic E-state index is 5.64. The number of hydrogen-bond donors (Lipinski definition) is 1. The molecule has 1 atom stereocenters. The van der Waals surface area contributed by atoms with E-state index in [9.17, 15) is 0 Å². The molecule has 1 saturated heterocycles. The fourth-order valence-corrected chi connectivity index (χ4v) is 2.10. The van der Waals surface area contributed by atoms with Gasteiger partial charge in [0.2, 0.25) is 0 Å². The molecule has 1 aliphatic rings. The lowest BCUT2D eigenvalue weighted by Gasteiger charge is -2.22. The lowest BCUT2D eigenvalue weighted by molar-refractivity contribution is 0.116. The Hall–Kier alpha value is -1.29. The Morgan fingerprint density at radius 1 is 1.53 bits per heavy atom. The summed E-state index contributed by atoms with van der Waals surface area (Å²) in [7, 11) is 2.07. The van der Waals surface area contributed by atoms with Gasteiger partial charge in [0.25, 0.3) is 0 Å². The highest BCUT2D eigenvalue weighted by Crippen LogP contribution is 2.17. The van der Waals surface area contributed by atoms with Gasteiger partial charge in [-0.25, -0.2) is 4.98 Å². The van der Waals surface area contributed by atoms with E-state index in [2.05, 4.69) is 29.2 Å². The molecule has 1 aromatic heterocycles. The van der Waals surface area contributed by atoms with E-state index < -0.39 is 0 Å². The number of hydrogen-bond acceptors (Lipinski definition) is 4. The minimum atomic E-state index is 0.365. The Bertz CT molecular complexity index is 350. The second-order valence-electron chi connectivity index (χ2n) is 4.43. The third-order valence-electron chi connectivity index (χ3n) is 2.98. The van der Waals surface area contributed by atoms with E-state index in [0.717, 1.165) is 37.8 Å². The van der Waals surface area contributed by atoms with Crippen molar-refractivity contribution in [2.75, 3.05) is 37.0 Å². The molecule has 1 aromatic rings. The molecule has 1 aliphatic heterocycles. The van der Waals surface area contributed by atoms with Crippen LogP contribution in [0.3, 0.4) is 0 Å². The van der Waals surface area contributed by atoms with Crippen LogP contribution in [0.2, 0.25) is 0 Å². The van der Waals surface area contributed by atoms with Crippen molar-refractivity contribution in [1.29, 1.82) is 0 Å². The van der Waals surface area contributed by atoms with Gasteiger partial charge in [-0.15, -0.1) is 0 Å². The van der Waals surface area contributed by atoms with Crippen molar-refractivity contribution in [3.05, 3.63) is 18.2 Å². The summed E-state index contributed by atoms with van der Waals surface area (Å²) in [5, 5.41) is 3.23. The third kappa shape index (κ3) is 3.33. The van der Waals surface area contributed by atoms with Gasteiger partial charge in [-0.1, -0.05) is 6.07 Å². The van der Waals surface area contributed by atoms with Crippen molar-refractivity contribution < 1.29 is 4.74 Å². The predicted octanol–water partition coefficient (Wildman–Crippen LogP) is 2.13. The second kappa shape index (κ2) is 5.87. The fourth-order valence-electron chi connectivity index (χ4n) is 2.10. The fraction of sp³-hybridized carbons (Fsp3) is 0.615. The molecule has 0 aromatic carbocycles. The van der Waals surface area contributed by atoms with Gasteiger partial charge in [0.15, 0.2) is 0 Å². The van der Waals surface area contributed by atoms with Crippen LogP contribution in [-0.4, -0.2) is 37.8 Å². The largest absolute Gasteiger partial charge is 0.376 e. The average Bonchev–Trinajstić information content (AvgIpc) is 2.83. The molecule has 2 heterocycles. The van der Waals surface area contributed by atoms with E-state index in [0.29, 0.717) is 6.10 Å². The molecule has 1 fully saturated rings. The minimum Gasteiger partial charge on any atom is -0.376 e. The van der Waals surface area contributed by atoms with Crippen LogP contribution in [0.4, 0.5) is 11.6 Å². The molecule has 0 bridgehead atoms. The first kappa shape index (κ1) is 12.2. The molecule has 4 nitrogen and oxygen atoms in total. The number of aromatic nitrogens is 1. The Morgan fingerprint density at radius 2 is 2.41 bits per heavy atom. The van der Waals surface area contributed by atoms with Crippen molar-refractivity contribution >= 4 is 11.6 Å². The van der Waals surface area contributed by atoms with Gasteiger partial charge in [-0.2, -0.15) is 0 Å². The summed E-state index contributed by atoms with van der Waals surface area (Å²) in [6.07, 6.45) is 2.71. The van der Waals surface area contributed by atoms with Crippen LogP contribution in [0.1, 0.15) is 19.8 Å². The highest BCUT2D eigenvalue weighted by molar-refractivity contribution is 5.46. The van der Waals surface area contributed by atoms with Crippen LogP contribution in [0.5, 0.6) is 0 Å². The Kier molecular flexibility index (Phi) is 4.20. The van der Waals surface area contributed by atoms with Crippen molar-refractivity contribution in [3.8, 4) is 0 Å². The topological polar surface area (TPSA) is 37.4 Å². The number of anilines is 2. The lowest BCUT2D eigenvalue weighted by Crippen LogP contribution is -2.29. The normalized spacial score (nSPS) is 19.3. The first-order chi connectivity index (χ1) is 8.29. The Labute approximate surface area is 103 Å². The molecule has 4 heteroatoms. The third-order valence-corrected chi connectivity index (χ3v) is 2.98. The summed E-state index contributed by atoms with van der Waals surface area (Å²) in [6.45, 7) is 4.79. The zero-order chi connectivity index (χ0) is 12.1. The van der Waals surface area contributed by atoms with E-state index in [1.54, 1.807) is 0 Å². The SMILES string of the molecule is CCNc1cccc(N(C)CC2CCCO2)n1. The molecule has 0 spiro atoms. The van der Waals surface area contributed by atoms with Crippen molar-refractivity contribution in [2.24, 2.45) is 0 Å². The number of pyridine rings is 1. The van der Waals surface area contributed by atoms with Gasteiger partial charge < -0.3 is 15.0 Å². The van der Waals surface area contributed by atoms with Gasteiger partial charge in [0.1, 0.15) is 11.6 Å². The molecular formula is C13H21N3O. The van der Waals surface area contributed by atoms with E-state index in [-0.39, 0.29) is 0 Å². The van der Waals surface area contributed by atoms with E-state index in [1.807, 2.05) is 18.2 Å². The second-order valence-corrected chi connectivity index (χ2v) is 4.43. The van der Waals surface area contributed by atoms with Crippen LogP contribution in [0.15, 0.2) is 18.2 Å². The number of likely N-dealkylation sites (N-methyl/N-ethyl adjacent to an activating group) is 1. The van der Waals surface area contributed by atoms with Gasteiger partial charge in [0, 0.05) is 26.7 Å². The van der Waals surface area contributed by atoms with Crippen LogP contribution in [-0.2, 0) is 4.74 Å². The molecule has 2 rings (SSSR count). The number of nitrogens with one attached hydrogen (secondary N) is 1.